The minimum absolute atomic E-state index is 0.0158. The molecule has 1 aromatic carbocycles. The van der Waals surface area contributed by atoms with Crippen LogP contribution in [0.1, 0.15) is 35.3 Å². The fraction of sp³-hybridized carbons (Fsp3) is 0.526. The number of carbonyl (C=O) groups is 1. The Bertz CT molecular complexity index is 722. The first-order valence-corrected chi connectivity index (χ1v) is 9.19. The molecule has 1 aromatic heterocycles. The standard InChI is InChI=1S/C19H26N4O4/c1-26-13-15-11-23(22-21-15)10-9-16-7-8-17(18(12-24)27-16)20-19(25)14-5-3-2-4-6-14/h2-6,11,16-18,24H,7-10,12-13H2,1H3,(H,20,25)/t16-,17-,18+/m1/s1. The molecule has 1 fully saturated rings. The van der Waals surface area contributed by atoms with Gasteiger partial charge in [0.15, 0.2) is 0 Å². The van der Waals surface area contributed by atoms with Gasteiger partial charge in [-0.3, -0.25) is 9.48 Å². The Labute approximate surface area is 158 Å². The maximum atomic E-state index is 12.3. The van der Waals surface area contributed by atoms with Crippen molar-refractivity contribution in [3.63, 3.8) is 0 Å². The number of methoxy groups -OCH3 is 1. The van der Waals surface area contributed by atoms with Crippen LogP contribution in [0.25, 0.3) is 0 Å². The Kier molecular flexibility index (Phi) is 6.92. The number of aromatic nitrogens is 3. The van der Waals surface area contributed by atoms with E-state index in [9.17, 15) is 9.90 Å². The fourth-order valence-electron chi connectivity index (χ4n) is 3.29. The zero-order valence-corrected chi connectivity index (χ0v) is 15.5. The maximum Gasteiger partial charge on any atom is 0.251 e. The van der Waals surface area contributed by atoms with Crippen molar-refractivity contribution in [2.24, 2.45) is 0 Å². The molecule has 0 radical (unpaired) electrons. The largest absolute Gasteiger partial charge is 0.394 e. The molecule has 1 amide bonds. The van der Waals surface area contributed by atoms with Crippen molar-refractivity contribution in [3.05, 3.63) is 47.8 Å². The number of carbonyl (C=O) groups excluding carboxylic acids is 1. The number of aryl methyl sites for hydroxylation is 1. The topological polar surface area (TPSA) is 98.5 Å². The number of rotatable bonds is 8. The Hall–Kier alpha value is -2.29. The maximum absolute atomic E-state index is 12.3. The molecular formula is C19H26N4O4. The first-order chi connectivity index (χ1) is 13.2. The molecule has 0 saturated carbocycles. The third kappa shape index (κ3) is 5.35. The van der Waals surface area contributed by atoms with E-state index in [2.05, 4.69) is 15.6 Å². The summed E-state index contributed by atoms with van der Waals surface area (Å²) >= 11 is 0. The summed E-state index contributed by atoms with van der Waals surface area (Å²) in [5, 5.41) is 20.8. The van der Waals surface area contributed by atoms with Gasteiger partial charge in [-0.15, -0.1) is 5.10 Å². The highest BCUT2D eigenvalue weighted by atomic mass is 16.5. The van der Waals surface area contributed by atoms with Crippen molar-refractivity contribution < 1.29 is 19.4 Å². The van der Waals surface area contributed by atoms with Gasteiger partial charge in [0.25, 0.3) is 5.91 Å². The van der Waals surface area contributed by atoms with E-state index in [1.807, 2.05) is 24.4 Å². The molecule has 1 saturated heterocycles. The summed E-state index contributed by atoms with van der Waals surface area (Å²) in [6.07, 6.45) is 3.82. The number of hydrogen-bond donors (Lipinski definition) is 2. The molecule has 2 N–H and O–H groups in total. The van der Waals surface area contributed by atoms with Crippen LogP contribution in [-0.2, 0) is 22.6 Å². The molecule has 2 aromatic rings. The lowest BCUT2D eigenvalue weighted by molar-refractivity contribution is -0.0912. The molecule has 3 rings (SSSR count). The van der Waals surface area contributed by atoms with Crippen molar-refractivity contribution in [1.82, 2.24) is 20.3 Å². The first kappa shape index (κ1) is 19.5. The zero-order valence-electron chi connectivity index (χ0n) is 15.5. The molecule has 0 aliphatic carbocycles. The molecule has 1 aliphatic heterocycles. The number of nitrogens with zero attached hydrogens (tertiary/aromatic N) is 3. The quantitative estimate of drug-likeness (QED) is 0.719. The van der Waals surface area contributed by atoms with E-state index in [-0.39, 0.29) is 24.7 Å². The second-order valence-corrected chi connectivity index (χ2v) is 6.70. The van der Waals surface area contributed by atoms with Crippen LogP contribution in [0.2, 0.25) is 0 Å². The summed E-state index contributed by atoms with van der Waals surface area (Å²) in [7, 11) is 1.62. The third-order valence-corrected chi connectivity index (χ3v) is 4.71. The van der Waals surface area contributed by atoms with Gasteiger partial charge in [0.05, 0.1) is 31.6 Å². The fourth-order valence-corrected chi connectivity index (χ4v) is 3.29. The van der Waals surface area contributed by atoms with E-state index in [1.165, 1.54) is 0 Å². The van der Waals surface area contributed by atoms with Crippen molar-refractivity contribution in [2.75, 3.05) is 13.7 Å². The van der Waals surface area contributed by atoms with Crippen molar-refractivity contribution in [3.8, 4) is 0 Å². The van der Waals surface area contributed by atoms with E-state index in [0.717, 1.165) is 25.0 Å². The highest BCUT2D eigenvalue weighted by molar-refractivity contribution is 5.94. The highest BCUT2D eigenvalue weighted by Gasteiger charge is 2.32. The van der Waals surface area contributed by atoms with Gasteiger partial charge in [0, 0.05) is 19.2 Å². The van der Waals surface area contributed by atoms with Crippen LogP contribution in [0, 0.1) is 0 Å². The van der Waals surface area contributed by atoms with Crippen LogP contribution in [0.4, 0.5) is 0 Å². The molecule has 0 unspecified atom stereocenters. The number of amides is 1. The van der Waals surface area contributed by atoms with E-state index < -0.39 is 6.10 Å². The van der Waals surface area contributed by atoms with Crippen molar-refractivity contribution >= 4 is 5.91 Å². The summed E-state index contributed by atoms with van der Waals surface area (Å²) in [5.74, 6) is -0.144. The van der Waals surface area contributed by atoms with Crippen LogP contribution in [-0.4, -0.2) is 58.0 Å². The first-order valence-electron chi connectivity index (χ1n) is 9.19. The Balaban J connectivity index is 1.49. The average molecular weight is 374 g/mol. The summed E-state index contributed by atoms with van der Waals surface area (Å²) < 4.78 is 12.8. The zero-order chi connectivity index (χ0) is 19.1. The number of hydrogen-bond acceptors (Lipinski definition) is 6. The van der Waals surface area contributed by atoms with Gasteiger partial charge in [-0.2, -0.15) is 0 Å². The van der Waals surface area contributed by atoms with E-state index >= 15 is 0 Å². The Morgan fingerprint density at radius 3 is 2.93 bits per heavy atom. The summed E-state index contributed by atoms with van der Waals surface area (Å²) in [5.41, 5.74) is 1.40. The van der Waals surface area contributed by atoms with E-state index in [1.54, 1.807) is 23.9 Å². The third-order valence-electron chi connectivity index (χ3n) is 4.71. The SMILES string of the molecule is COCc1cn(CC[C@H]2CC[C@@H](NC(=O)c3ccccc3)[C@H](CO)O2)nn1. The lowest BCUT2D eigenvalue weighted by atomic mass is 9.96. The normalized spacial score (nSPS) is 22.5. The van der Waals surface area contributed by atoms with Gasteiger partial charge in [-0.25, -0.2) is 0 Å². The molecule has 146 valence electrons. The molecule has 2 heterocycles. The van der Waals surface area contributed by atoms with Crippen LogP contribution in [0.3, 0.4) is 0 Å². The van der Waals surface area contributed by atoms with Gasteiger partial charge in [-0.1, -0.05) is 23.4 Å². The van der Waals surface area contributed by atoms with Gasteiger partial charge < -0.3 is 19.9 Å². The second-order valence-electron chi connectivity index (χ2n) is 6.70. The van der Waals surface area contributed by atoms with Crippen LogP contribution in [0.5, 0.6) is 0 Å². The molecule has 0 spiro atoms. The van der Waals surface area contributed by atoms with Gasteiger partial charge >= 0.3 is 0 Å². The minimum Gasteiger partial charge on any atom is -0.394 e. The monoisotopic (exact) mass is 374 g/mol. The molecule has 27 heavy (non-hydrogen) atoms. The number of aliphatic hydroxyl groups excluding tert-OH is 1. The lowest BCUT2D eigenvalue weighted by Gasteiger charge is -2.36. The Morgan fingerprint density at radius 2 is 2.19 bits per heavy atom. The molecular weight excluding hydrogens is 348 g/mol. The van der Waals surface area contributed by atoms with E-state index in [0.29, 0.717) is 18.7 Å². The van der Waals surface area contributed by atoms with Gasteiger partial charge in [0.2, 0.25) is 0 Å². The Morgan fingerprint density at radius 1 is 1.37 bits per heavy atom. The smallest absolute Gasteiger partial charge is 0.251 e. The predicted octanol–water partition coefficient (Wildman–Crippen LogP) is 1.15. The van der Waals surface area contributed by atoms with Crippen molar-refractivity contribution in [1.29, 1.82) is 0 Å². The molecule has 8 nitrogen and oxygen atoms in total. The number of aliphatic hydroxyl groups is 1. The molecule has 3 atom stereocenters. The summed E-state index contributed by atoms with van der Waals surface area (Å²) in [6, 6.07) is 8.87. The second kappa shape index (κ2) is 9.59. The number of ether oxygens (including phenoxy) is 2. The van der Waals surface area contributed by atoms with Crippen LogP contribution >= 0.6 is 0 Å². The molecule has 1 aliphatic rings. The summed E-state index contributed by atoms with van der Waals surface area (Å²) in [4.78, 5) is 12.3. The highest BCUT2D eigenvalue weighted by Crippen LogP contribution is 2.22. The summed E-state index contributed by atoms with van der Waals surface area (Å²) in [6.45, 7) is 0.993. The van der Waals surface area contributed by atoms with Crippen LogP contribution < -0.4 is 5.32 Å². The van der Waals surface area contributed by atoms with Gasteiger partial charge in [0.1, 0.15) is 11.8 Å². The van der Waals surface area contributed by atoms with Crippen LogP contribution in [0.15, 0.2) is 36.5 Å². The van der Waals surface area contributed by atoms with Gasteiger partial charge in [-0.05, 0) is 31.4 Å². The minimum atomic E-state index is -0.406. The van der Waals surface area contributed by atoms with E-state index in [4.69, 9.17) is 9.47 Å². The average Bonchev–Trinajstić information content (AvgIpc) is 3.15. The van der Waals surface area contributed by atoms with Crippen molar-refractivity contribution in [2.45, 2.75) is 50.7 Å². The molecule has 8 heteroatoms. The number of benzene rings is 1. The number of nitrogens with one attached hydrogen (secondary N) is 1. The predicted molar refractivity (Wildman–Crippen MR) is 98.0 cm³/mol. The lowest BCUT2D eigenvalue weighted by Crippen LogP contribution is -2.51. The molecule has 0 bridgehead atoms.